The Kier molecular flexibility index (Phi) is 4.35. The molecule has 0 spiro atoms. The van der Waals surface area contributed by atoms with E-state index >= 15 is 0 Å². The Bertz CT molecular complexity index is 1020. The SMILES string of the molecule is CC(C)(C)[C@H](C(=O)N1CCC[C@@H]1C#N)N1Cc2c(Cl)cnc3[nH]cc(c23)C1=O. The van der Waals surface area contributed by atoms with Crippen LogP contribution in [0.25, 0.3) is 11.0 Å². The summed E-state index contributed by atoms with van der Waals surface area (Å²) in [6, 6.07) is 1.09. The van der Waals surface area contributed by atoms with Crippen molar-refractivity contribution in [2.45, 2.75) is 52.2 Å². The molecule has 0 bridgehead atoms. The summed E-state index contributed by atoms with van der Waals surface area (Å²) in [6.07, 6.45) is 4.66. The van der Waals surface area contributed by atoms with E-state index in [1.807, 2.05) is 20.8 Å². The molecule has 28 heavy (non-hydrogen) atoms. The molecule has 2 aromatic rings. The third-order valence-electron chi connectivity index (χ3n) is 5.63. The zero-order valence-electron chi connectivity index (χ0n) is 16.1. The Morgan fingerprint density at radius 2 is 2.21 bits per heavy atom. The standard InChI is InChI=1S/C20H22ClN5O2/c1-20(2,3)16(19(28)25-6-4-5-11(25)7-22)26-10-13-14(21)9-24-17-15(13)12(8-23-17)18(26)27/h8-9,11,16H,4-6,10H2,1-3H3,(H,23,24)/t11-,16+/m1/s1. The first kappa shape index (κ1) is 18.8. The van der Waals surface area contributed by atoms with Crippen molar-refractivity contribution in [1.82, 2.24) is 19.8 Å². The number of carbonyl (C=O) groups is 2. The van der Waals surface area contributed by atoms with E-state index < -0.39 is 17.5 Å². The van der Waals surface area contributed by atoms with Gasteiger partial charge in [0.2, 0.25) is 5.91 Å². The fraction of sp³-hybridized carbons (Fsp3) is 0.500. The summed E-state index contributed by atoms with van der Waals surface area (Å²) in [5.41, 5.74) is 1.38. The summed E-state index contributed by atoms with van der Waals surface area (Å²) >= 11 is 6.40. The predicted octanol–water partition coefficient (Wildman–Crippen LogP) is 3.10. The van der Waals surface area contributed by atoms with Gasteiger partial charge in [0.1, 0.15) is 17.7 Å². The highest BCUT2D eigenvalue weighted by Crippen LogP contribution is 2.38. The molecule has 1 N–H and O–H groups in total. The van der Waals surface area contributed by atoms with E-state index in [2.05, 4.69) is 16.0 Å². The van der Waals surface area contributed by atoms with Crippen LogP contribution in [0.4, 0.5) is 0 Å². The molecule has 0 aliphatic carbocycles. The Morgan fingerprint density at radius 3 is 2.89 bits per heavy atom. The lowest BCUT2D eigenvalue weighted by Crippen LogP contribution is -2.57. The lowest BCUT2D eigenvalue weighted by molar-refractivity contribution is -0.140. The summed E-state index contributed by atoms with van der Waals surface area (Å²) in [4.78, 5) is 37.3. The number of aromatic amines is 1. The Morgan fingerprint density at radius 1 is 1.46 bits per heavy atom. The van der Waals surface area contributed by atoms with E-state index in [9.17, 15) is 14.9 Å². The highest BCUT2D eigenvalue weighted by Gasteiger charge is 2.46. The van der Waals surface area contributed by atoms with Gasteiger partial charge < -0.3 is 14.8 Å². The molecule has 2 aliphatic rings. The molecule has 2 amide bonds. The van der Waals surface area contributed by atoms with Gasteiger partial charge in [-0.3, -0.25) is 9.59 Å². The van der Waals surface area contributed by atoms with Gasteiger partial charge in [-0.05, 0) is 18.3 Å². The van der Waals surface area contributed by atoms with Crippen LogP contribution in [0.15, 0.2) is 12.4 Å². The molecular weight excluding hydrogens is 378 g/mol. The van der Waals surface area contributed by atoms with Gasteiger partial charge in [0.15, 0.2) is 0 Å². The molecule has 2 aliphatic heterocycles. The van der Waals surface area contributed by atoms with Crippen LogP contribution in [0, 0.1) is 16.7 Å². The smallest absolute Gasteiger partial charge is 0.257 e. The Hall–Kier alpha value is -2.59. The highest BCUT2D eigenvalue weighted by molar-refractivity contribution is 6.32. The number of aromatic nitrogens is 2. The van der Waals surface area contributed by atoms with Crippen LogP contribution in [0.2, 0.25) is 5.02 Å². The maximum Gasteiger partial charge on any atom is 0.257 e. The van der Waals surface area contributed by atoms with Gasteiger partial charge >= 0.3 is 0 Å². The molecule has 146 valence electrons. The zero-order valence-corrected chi connectivity index (χ0v) is 16.9. The molecule has 4 rings (SSSR count). The molecular formula is C20H22ClN5O2. The number of hydrogen-bond donors (Lipinski definition) is 1. The number of nitrogens with zero attached hydrogens (tertiary/aromatic N) is 4. The largest absolute Gasteiger partial charge is 0.345 e. The van der Waals surface area contributed by atoms with Gasteiger partial charge in [0.25, 0.3) is 5.91 Å². The predicted molar refractivity (Wildman–Crippen MR) is 105 cm³/mol. The minimum Gasteiger partial charge on any atom is -0.345 e. The first-order valence-corrected chi connectivity index (χ1v) is 9.77. The van der Waals surface area contributed by atoms with E-state index in [-0.39, 0.29) is 18.4 Å². The van der Waals surface area contributed by atoms with Gasteiger partial charge in [-0.25, -0.2) is 4.98 Å². The normalized spacial score (nSPS) is 20.5. The number of nitriles is 1. The molecule has 0 saturated carbocycles. The molecule has 0 aromatic carbocycles. The van der Waals surface area contributed by atoms with Crippen LogP contribution in [-0.4, -0.2) is 50.2 Å². The highest BCUT2D eigenvalue weighted by atomic mass is 35.5. The summed E-state index contributed by atoms with van der Waals surface area (Å²) in [6.45, 7) is 6.60. The first-order valence-electron chi connectivity index (χ1n) is 9.39. The van der Waals surface area contributed by atoms with Crippen molar-refractivity contribution in [3.05, 3.63) is 28.5 Å². The Balaban J connectivity index is 1.78. The van der Waals surface area contributed by atoms with Crippen LogP contribution < -0.4 is 0 Å². The van der Waals surface area contributed by atoms with Crippen molar-refractivity contribution in [2.24, 2.45) is 5.41 Å². The van der Waals surface area contributed by atoms with Gasteiger partial charge in [-0.1, -0.05) is 32.4 Å². The molecule has 4 heterocycles. The maximum atomic E-state index is 13.5. The second kappa shape index (κ2) is 6.49. The van der Waals surface area contributed by atoms with Crippen molar-refractivity contribution in [1.29, 1.82) is 5.26 Å². The second-order valence-electron chi connectivity index (χ2n) is 8.53. The molecule has 2 aromatic heterocycles. The average Bonchev–Trinajstić information content (AvgIpc) is 3.27. The van der Waals surface area contributed by atoms with Gasteiger partial charge in [-0.2, -0.15) is 5.26 Å². The van der Waals surface area contributed by atoms with Gasteiger partial charge in [0.05, 0.1) is 16.7 Å². The number of hydrogen-bond acceptors (Lipinski definition) is 4. The number of carbonyl (C=O) groups excluding carboxylic acids is 2. The summed E-state index contributed by atoms with van der Waals surface area (Å²) in [5.74, 6) is -0.394. The second-order valence-corrected chi connectivity index (χ2v) is 8.94. The van der Waals surface area contributed by atoms with E-state index in [1.54, 1.807) is 22.2 Å². The average molecular weight is 400 g/mol. The topological polar surface area (TPSA) is 93.1 Å². The van der Waals surface area contributed by atoms with Crippen molar-refractivity contribution in [3.8, 4) is 6.07 Å². The van der Waals surface area contributed by atoms with Gasteiger partial charge in [-0.15, -0.1) is 0 Å². The minimum absolute atomic E-state index is 0.176. The monoisotopic (exact) mass is 399 g/mol. The number of H-pyrrole nitrogens is 1. The lowest BCUT2D eigenvalue weighted by atomic mass is 9.83. The number of likely N-dealkylation sites (tertiary alicyclic amines) is 1. The van der Waals surface area contributed by atoms with Crippen LogP contribution in [-0.2, 0) is 11.3 Å². The number of pyridine rings is 1. The number of rotatable bonds is 2. The van der Waals surface area contributed by atoms with Crippen molar-refractivity contribution in [3.63, 3.8) is 0 Å². The van der Waals surface area contributed by atoms with E-state index in [1.165, 1.54) is 0 Å². The van der Waals surface area contributed by atoms with E-state index in [0.29, 0.717) is 29.2 Å². The molecule has 2 atom stereocenters. The van der Waals surface area contributed by atoms with E-state index in [4.69, 9.17) is 11.6 Å². The van der Waals surface area contributed by atoms with Crippen LogP contribution >= 0.6 is 11.6 Å². The quantitative estimate of drug-likeness (QED) is 0.839. The molecule has 0 radical (unpaired) electrons. The molecule has 1 fully saturated rings. The zero-order chi connectivity index (χ0) is 20.2. The number of amides is 2. The van der Waals surface area contributed by atoms with Crippen molar-refractivity contribution >= 4 is 34.4 Å². The summed E-state index contributed by atoms with van der Waals surface area (Å²) < 4.78 is 0. The minimum atomic E-state index is -0.698. The van der Waals surface area contributed by atoms with Crippen molar-refractivity contribution < 1.29 is 9.59 Å². The molecule has 1 saturated heterocycles. The third kappa shape index (κ3) is 2.75. The van der Waals surface area contributed by atoms with E-state index in [0.717, 1.165) is 17.4 Å². The lowest BCUT2D eigenvalue weighted by Gasteiger charge is -2.42. The van der Waals surface area contributed by atoms with Crippen LogP contribution in [0.3, 0.4) is 0 Å². The maximum absolute atomic E-state index is 13.5. The van der Waals surface area contributed by atoms with Gasteiger partial charge in [0, 0.05) is 36.4 Å². The third-order valence-corrected chi connectivity index (χ3v) is 5.95. The first-order chi connectivity index (χ1) is 13.2. The summed E-state index contributed by atoms with van der Waals surface area (Å²) in [7, 11) is 0. The van der Waals surface area contributed by atoms with Crippen LogP contribution in [0.5, 0.6) is 0 Å². The fourth-order valence-corrected chi connectivity index (χ4v) is 4.56. The molecule has 7 nitrogen and oxygen atoms in total. The molecule has 8 heteroatoms. The van der Waals surface area contributed by atoms with Crippen molar-refractivity contribution in [2.75, 3.05) is 6.54 Å². The number of nitrogens with one attached hydrogen (secondary N) is 1. The molecule has 0 unspecified atom stereocenters. The van der Waals surface area contributed by atoms with Crippen LogP contribution in [0.1, 0.15) is 49.5 Å². The Labute approximate surface area is 168 Å². The fourth-order valence-electron chi connectivity index (χ4n) is 4.36. The summed E-state index contributed by atoms with van der Waals surface area (Å²) in [5, 5.41) is 10.6. The number of halogens is 1.